The molecule has 1 atom stereocenters. The second-order valence-electron chi connectivity index (χ2n) is 6.38. The van der Waals surface area contributed by atoms with E-state index in [9.17, 15) is 13.2 Å². The summed E-state index contributed by atoms with van der Waals surface area (Å²) < 4.78 is 23.7. The molecule has 2 rings (SSSR count). The first-order chi connectivity index (χ1) is 9.63. The smallest absolute Gasteiger partial charge is 0.255 e. The maximum absolute atomic E-state index is 12.7. The summed E-state index contributed by atoms with van der Waals surface area (Å²) in [7, 11) is -3.43. The van der Waals surface area contributed by atoms with Gasteiger partial charge >= 0.3 is 0 Å². The fraction of sp³-hybridized carbons (Fsp3) is 0.533. The van der Waals surface area contributed by atoms with Gasteiger partial charge in [0.1, 0.15) is 0 Å². The molecule has 0 aliphatic carbocycles. The second kappa shape index (κ2) is 6.56. The number of piperidine rings is 1. The van der Waals surface area contributed by atoms with Gasteiger partial charge in [0.25, 0.3) is 5.91 Å². The van der Waals surface area contributed by atoms with Crippen LogP contribution in [0.3, 0.4) is 0 Å². The highest BCUT2D eigenvalue weighted by molar-refractivity contribution is 7.90. The van der Waals surface area contributed by atoms with E-state index in [1.54, 1.807) is 23.1 Å². The summed E-state index contributed by atoms with van der Waals surface area (Å²) in [4.78, 5) is 14.5. The lowest BCUT2D eigenvalue weighted by Crippen LogP contribution is -2.54. The van der Waals surface area contributed by atoms with Crippen LogP contribution in [0.5, 0.6) is 0 Å². The molecule has 0 bridgehead atoms. The maximum atomic E-state index is 12.7. The first-order valence-corrected chi connectivity index (χ1v) is 8.86. The van der Waals surface area contributed by atoms with Crippen LogP contribution in [0.4, 0.5) is 0 Å². The molecule has 0 aromatic heterocycles. The monoisotopic (exact) mass is 346 g/mol. The van der Waals surface area contributed by atoms with Gasteiger partial charge in [0.05, 0.1) is 10.5 Å². The molecule has 1 aromatic rings. The highest BCUT2D eigenvalue weighted by Gasteiger charge is 2.36. The molecule has 0 spiro atoms. The summed E-state index contributed by atoms with van der Waals surface area (Å²) in [6, 6.07) is 6.40. The van der Waals surface area contributed by atoms with Crippen molar-refractivity contribution in [1.82, 2.24) is 4.90 Å². The number of carbonyl (C=O) groups is 1. The molecule has 7 heteroatoms. The van der Waals surface area contributed by atoms with Crippen LogP contribution < -0.4 is 5.73 Å². The molecule has 1 aromatic carbocycles. The van der Waals surface area contributed by atoms with Crippen LogP contribution in [0.2, 0.25) is 0 Å². The van der Waals surface area contributed by atoms with Crippen molar-refractivity contribution >= 4 is 28.2 Å². The minimum Gasteiger partial charge on any atom is -0.338 e. The molecule has 0 radical (unpaired) electrons. The fourth-order valence-corrected chi connectivity index (χ4v) is 3.56. The van der Waals surface area contributed by atoms with Crippen molar-refractivity contribution in [3.63, 3.8) is 0 Å². The van der Waals surface area contributed by atoms with Crippen LogP contribution in [-0.4, -0.2) is 44.6 Å². The Hall–Kier alpha value is -1.11. The van der Waals surface area contributed by atoms with Gasteiger partial charge in [-0.05, 0) is 24.0 Å². The SMILES string of the molecule is CC1(C)CN(C(=O)c2ccccc2S(C)(=O)=O)CCC1N.Cl. The predicted molar refractivity (Wildman–Crippen MR) is 89.1 cm³/mol. The highest BCUT2D eigenvalue weighted by Crippen LogP contribution is 2.29. The largest absolute Gasteiger partial charge is 0.338 e. The Bertz CT molecular complexity index is 659. The molecular weight excluding hydrogens is 324 g/mol. The Morgan fingerprint density at radius 1 is 1.32 bits per heavy atom. The molecule has 1 fully saturated rings. The number of halogens is 1. The number of rotatable bonds is 2. The number of benzene rings is 1. The molecule has 1 aliphatic rings. The molecule has 22 heavy (non-hydrogen) atoms. The predicted octanol–water partition coefficient (Wildman–Crippen LogP) is 1.71. The number of amides is 1. The Balaban J connectivity index is 0.00000242. The number of likely N-dealkylation sites (tertiary alicyclic amines) is 1. The summed E-state index contributed by atoms with van der Waals surface area (Å²) in [5, 5.41) is 0. The molecule has 124 valence electrons. The van der Waals surface area contributed by atoms with Gasteiger partial charge in [0.2, 0.25) is 0 Å². The summed E-state index contributed by atoms with van der Waals surface area (Å²) in [6.45, 7) is 5.14. The van der Waals surface area contributed by atoms with Crippen LogP contribution in [0, 0.1) is 5.41 Å². The fourth-order valence-electron chi connectivity index (χ4n) is 2.68. The highest BCUT2D eigenvalue weighted by atomic mass is 35.5. The Morgan fingerprint density at radius 2 is 1.91 bits per heavy atom. The Labute approximate surface area is 138 Å². The maximum Gasteiger partial charge on any atom is 0.255 e. The van der Waals surface area contributed by atoms with Crippen molar-refractivity contribution in [2.45, 2.75) is 31.2 Å². The van der Waals surface area contributed by atoms with Crippen molar-refractivity contribution in [2.75, 3.05) is 19.3 Å². The van der Waals surface area contributed by atoms with Gasteiger partial charge in [-0.1, -0.05) is 26.0 Å². The van der Waals surface area contributed by atoms with E-state index in [1.807, 2.05) is 13.8 Å². The van der Waals surface area contributed by atoms with E-state index in [1.165, 1.54) is 6.07 Å². The van der Waals surface area contributed by atoms with Gasteiger partial charge in [-0.3, -0.25) is 4.79 Å². The van der Waals surface area contributed by atoms with Crippen molar-refractivity contribution in [2.24, 2.45) is 11.1 Å². The quantitative estimate of drug-likeness (QED) is 0.884. The van der Waals surface area contributed by atoms with Crippen LogP contribution >= 0.6 is 12.4 Å². The number of sulfone groups is 1. The van der Waals surface area contributed by atoms with Crippen LogP contribution in [0.25, 0.3) is 0 Å². The third-order valence-electron chi connectivity index (χ3n) is 4.12. The molecule has 1 aliphatic heterocycles. The number of nitrogens with zero attached hydrogens (tertiary/aromatic N) is 1. The van der Waals surface area contributed by atoms with Gasteiger partial charge in [-0.25, -0.2) is 8.42 Å². The molecular formula is C15H23ClN2O3S. The van der Waals surface area contributed by atoms with Gasteiger partial charge < -0.3 is 10.6 Å². The summed E-state index contributed by atoms with van der Waals surface area (Å²) in [6.07, 6.45) is 1.84. The summed E-state index contributed by atoms with van der Waals surface area (Å²) in [5.74, 6) is -0.240. The van der Waals surface area contributed by atoms with Crippen LogP contribution in [0.15, 0.2) is 29.2 Å². The van der Waals surface area contributed by atoms with Crippen molar-refractivity contribution in [3.8, 4) is 0 Å². The molecule has 2 N–H and O–H groups in total. The van der Waals surface area contributed by atoms with Gasteiger partial charge in [0, 0.05) is 25.4 Å². The van der Waals surface area contributed by atoms with Crippen LogP contribution in [-0.2, 0) is 9.84 Å². The van der Waals surface area contributed by atoms with Crippen LogP contribution in [0.1, 0.15) is 30.6 Å². The number of carbonyl (C=O) groups excluding carboxylic acids is 1. The van der Waals surface area contributed by atoms with E-state index >= 15 is 0 Å². The average molecular weight is 347 g/mol. The lowest BCUT2D eigenvalue weighted by atomic mass is 9.79. The number of nitrogens with two attached hydrogens (primary N) is 1. The second-order valence-corrected chi connectivity index (χ2v) is 8.36. The zero-order valence-electron chi connectivity index (χ0n) is 13.1. The van der Waals surface area contributed by atoms with Gasteiger partial charge in [-0.2, -0.15) is 0 Å². The normalized spacial score (nSPS) is 21.1. The third kappa shape index (κ3) is 3.80. The van der Waals surface area contributed by atoms with E-state index in [2.05, 4.69) is 0 Å². The minimum atomic E-state index is -3.43. The number of hydrogen-bond donors (Lipinski definition) is 1. The summed E-state index contributed by atoms with van der Waals surface area (Å²) in [5.41, 5.74) is 6.15. The lowest BCUT2D eigenvalue weighted by Gasteiger charge is -2.42. The van der Waals surface area contributed by atoms with Crippen molar-refractivity contribution < 1.29 is 13.2 Å². The Morgan fingerprint density at radius 3 is 2.45 bits per heavy atom. The third-order valence-corrected chi connectivity index (χ3v) is 5.27. The molecule has 1 heterocycles. The average Bonchev–Trinajstić information content (AvgIpc) is 2.40. The molecule has 1 saturated heterocycles. The van der Waals surface area contributed by atoms with E-state index in [0.717, 1.165) is 12.7 Å². The zero-order valence-corrected chi connectivity index (χ0v) is 14.7. The molecule has 1 amide bonds. The summed E-state index contributed by atoms with van der Waals surface area (Å²) >= 11 is 0. The zero-order chi connectivity index (χ0) is 15.8. The number of hydrogen-bond acceptors (Lipinski definition) is 4. The van der Waals surface area contributed by atoms with E-state index in [4.69, 9.17) is 5.73 Å². The molecule has 5 nitrogen and oxygen atoms in total. The van der Waals surface area contributed by atoms with E-state index < -0.39 is 9.84 Å². The Kier molecular flexibility index (Phi) is 5.65. The first kappa shape index (κ1) is 18.9. The van der Waals surface area contributed by atoms with E-state index in [0.29, 0.717) is 13.1 Å². The van der Waals surface area contributed by atoms with Crippen molar-refractivity contribution in [1.29, 1.82) is 0 Å². The van der Waals surface area contributed by atoms with E-state index in [-0.39, 0.29) is 40.2 Å². The molecule has 1 unspecified atom stereocenters. The molecule has 0 saturated carbocycles. The lowest BCUT2D eigenvalue weighted by molar-refractivity contribution is 0.0529. The van der Waals surface area contributed by atoms with Gasteiger partial charge in [0.15, 0.2) is 9.84 Å². The van der Waals surface area contributed by atoms with Crippen molar-refractivity contribution in [3.05, 3.63) is 29.8 Å². The van der Waals surface area contributed by atoms with Gasteiger partial charge in [-0.15, -0.1) is 12.4 Å². The standard InChI is InChI=1S/C15H22N2O3S.ClH/c1-15(2)10-17(9-8-13(15)16)14(18)11-6-4-5-7-12(11)21(3,19)20;/h4-7,13H,8-10,16H2,1-3H3;1H. The topological polar surface area (TPSA) is 80.5 Å². The minimum absolute atomic E-state index is 0. The first-order valence-electron chi connectivity index (χ1n) is 6.97.